The fraction of sp³-hybridized carbons (Fsp3) is 0.400. The summed E-state index contributed by atoms with van der Waals surface area (Å²) in [5, 5.41) is 1.11. The van der Waals surface area contributed by atoms with E-state index in [0.717, 1.165) is 48.2 Å². The molecule has 2 rings (SSSR count). The van der Waals surface area contributed by atoms with Crippen LogP contribution in [-0.2, 0) is 6.42 Å². The lowest BCUT2D eigenvalue weighted by Gasteiger charge is -2.10. The van der Waals surface area contributed by atoms with Gasteiger partial charge in [0, 0.05) is 11.1 Å². The first-order valence-corrected chi connectivity index (χ1v) is 6.39. The highest BCUT2D eigenvalue weighted by atomic mass is 16.5. The smallest absolute Gasteiger partial charge is 0.128 e. The molecule has 0 amide bonds. The van der Waals surface area contributed by atoms with Gasteiger partial charge < -0.3 is 10.5 Å². The lowest BCUT2D eigenvalue weighted by atomic mass is 10.1. The van der Waals surface area contributed by atoms with Crippen molar-refractivity contribution < 1.29 is 4.74 Å². The van der Waals surface area contributed by atoms with Gasteiger partial charge in [0.1, 0.15) is 5.75 Å². The Labute approximate surface area is 108 Å². The molecule has 96 valence electrons. The summed E-state index contributed by atoms with van der Waals surface area (Å²) in [6.45, 7) is 2.86. The van der Waals surface area contributed by atoms with E-state index in [1.807, 2.05) is 18.2 Å². The molecule has 18 heavy (non-hydrogen) atoms. The highest BCUT2D eigenvalue weighted by Gasteiger charge is 2.07. The molecule has 1 heterocycles. The summed E-state index contributed by atoms with van der Waals surface area (Å²) in [5.74, 6) is 0.894. The fourth-order valence-electron chi connectivity index (χ4n) is 2.27. The lowest BCUT2D eigenvalue weighted by Crippen LogP contribution is -2.00. The molecule has 2 aromatic rings. The number of aryl methyl sites for hydroxylation is 2. The van der Waals surface area contributed by atoms with Gasteiger partial charge in [-0.1, -0.05) is 6.07 Å². The van der Waals surface area contributed by atoms with Crippen LogP contribution in [0.4, 0.5) is 0 Å². The molecular formula is C15H20N2O. The van der Waals surface area contributed by atoms with Gasteiger partial charge in [-0.25, -0.2) is 0 Å². The number of ether oxygens (including phenoxy) is 1. The number of hydrogen-bond acceptors (Lipinski definition) is 3. The van der Waals surface area contributed by atoms with E-state index in [4.69, 9.17) is 15.5 Å². The molecule has 2 N–H and O–H groups in total. The summed E-state index contributed by atoms with van der Waals surface area (Å²) in [5.41, 5.74) is 8.89. The van der Waals surface area contributed by atoms with Crippen LogP contribution in [0.15, 0.2) is 24.3 Å². The third-order valence-electron chi connectivity index (χ3n) is 3.15. The van der Waals surface area contributed by atoms with Gasteiger partial charge in [0.2, 0.25) is 0 Å². The third kappa shape index (κ3) is 2.62. The van der Waals surface area contributed by atoms with Gasteiger partial charge in [0.05, 0.1) is 12.6 Å². The Morgan fingerprint density at radius 3 is 2.83 bits per heavy atom. The van der Waals surface area contributed by atoms with Crippen LogP contribution in [0.2, 0.25) is 0 Å². The number of unbranched alkanes of at least 4 members (excludes halogenated alkanes) is 1. The first-order chi connectivity index (χ1) is 8.76. The van der Waals surface area contributed by atoms with E-state index in [0.29, 0.717) is 0 Å². The van der Waals surface area contributed by atoms with E-state index in [9.17, 15) is 0 Å². The number of methoxy groups -OCH3 is 1. The molecule has 3 heteroatoms. The van der Waals surface area contributed by atoms with Gasteiger partial charge in [-0.05, 0) is 56.5 Å². The highest BCUT2D eigenvalue weighted by Crippen LogP contribution is 2.28. The minimum absolute atomic E-state index is 0.750. The molecule has 3 nitrogen and oxygen atoms in total. The first-order valence-electron chi connectivity index (χ1n) is 6.39. The van der Waals surface area contributed by atoms with Crippen molar-refractivity contribution in [3.05, 3.63) is 35.5 Å². The van der Waals surface area contributed by atoms with Gasteiger partial charge >= 0.3 is 0 Å². The largest absolute Gasteiger partial charge is 0.496 e. The Bertz CT molecular complexity index is 537. The summed E-state index contributed by atoms with van der Waals surface area (Å²) in [6, 6.07) is 8.15. The predicted octanol–water partition coefficient (Wildman–Crippen LogP) is 2.83. The van der Waals surface area contributed by atoms with Crippen molar-refractivity contribution in [3.63, 3.8) is 0 Å². The van der Waals surface area contributed by atoms with E-state index in [2.05, 4.69) is 13.0 Å². The normalized spacial score (nSPS) is 10.8. The molecule has 0 aliphatic heterocycles. The quantitative estimate of drug-likeness (QED) is 0.823. The van der Waals surface area contributed by atoms with E-state index < -0.39 is 0 Å². The topological polar surface area (TPSA) is 48.1 Å². The maximum Gasteiger partial charge on any atom is 0.128 e. The van der Waals surface area contributed by atoms with Crippen molar-refractivity contribution in [1.82, 2.24) is 4.98 Å². The minimum Gasteiger partial charge on any atom is -0.496 e. The molecule has 0 bridgehead atoms. The zero-order valence-electron chi connectivity index (χ0n) is 11.1. The molecule has 0 spiro atoms. The number of fused-ring (bicyclic) bond motifs is 1. The molecule has 0 saturated carbocycles. The zero-order valence-corrected chi connectivity index (χ0v) is 11.1. The van der Waals surface area contributed by atoms with Gasteiger partial charge in [0.25, 0.3) is 0 Å². The van der Waals surface area contributed by atoms with Crippen molar-refractivity contribution in [2.24, 2.45) is 5.73 Å². The summed E-state index contributed by atoms with van der Waals surface area (Å²) in [6.07, 6.45) is 3.14. The number of aromatic nitrogens is 1. The summed E-state index contributed by atoms with van der Waals surface area (Å²) in [4.78, 5) is 4.70. The lowest BCUT2D eigenvalue weighted by molar-refractivity contribution is 0.419. The number of benzene rings is 1. The SMILES string of the molecule is COc1cccc2nc(CCCCN)cc(C)c12. The second-order valence-corrected chi connectivity index (χ2v) is 4.53. The minimum atomic E-state index is 0.750. The average molecular weight is 244 g/mol. The molecule has 0 aliphatic rings. The van der Waals surface area contributed by atoms with Gasteiger partial charge in [-0.3, -0.25) is 4.98 Å². The number of nitrogens with two attached hydrogens (primary N) is 1. The maximum absolute atomic E-state index is 5.51. The Morgan fingerprint density at radius 1 is 1.28 bits per heavy atom. The molecule has 0 unspecified atom stereocenters. The second kappa shape index (κ2) is 5.83. The van der Waals surface area contributed by atoms with E-state index in [-0.39, 0.29) is 0 Å². The Kier molecular flexibility index (Phi) is 4.15. The average Bonchev–Trinajstić information content (AvgIpc) is 2.38. The highest BCUT2D eigenvalue weighted by molar-refractivity contribution is 5.88. The molecule has 0 radical (unpaired) electrons. The fourth-order valence-corrected chi connectivity index (χ4v) is 2.27. The van der Waals surface area contributed by atoms with E-state index in [1.165, 1.54) is 5.56 Å². The van der Waals surface area contributed by atoms with Gasteiger partial charge in [-0.15, -0.1) is 0 Å². The van der Waals surface area contributed by atoms with Gasteiger partial charge in [0.15, 0.2) is 0 Å². The van der Waals surface area contributed by atoms with Crippen LogP contribution in [0.1, 0.15) is 24.1 Å². The van der Waals surface area contributed by atoms with E-state index >= 15 is 0 Å². The van der Waals surface area contributed by atoms with Crippen LogP contribution in [0.25, 0.3) is 10.9 Å². The standard InChI is InChI=1S/C15H20N2O/c1-11-10-12(6-3-4-9-16)17-13-7-5-8-14(18-2)15(11)13/h5,7-8,10H,3-4,6,9,16H2,1-2H3. The first kappa shape index (κ1) is 12.8. The number of nitrogens with zero attached hydrogens (tertiary/aromatic N) is 1. The van der Waals surface area contributed by atoms with Crippen LogP contribution in [0, 0.1) is 6.92 Å². The number of hydrogen-bond donors (Lipinski definition) is 1. The summed E-state index contributed by atoms with van der Waals surface area (Å²) in [7, 11) is 1.70. The van der Waals surface area contributed by atoms with Crippen LogP contribution >= 0.6 is 0 Å². The Hall–Kier alpha value is -1.61. The van der Waals surface area contributed by atoms with E-state index in [1.54, 1.807) is 7.11 Å². The van der Waals surface area contributed by atoms with Crippen molar-refractivity contribution in [1.29, 1.82) is 0 Å². The van der Waals surface area contributed by atoms with Crippen molar-refractivity contribution in [2.75, 3.05) is 13.7 Å². The van der Waals surface area contributed by atoms with Crippen LogP contribution in [-0.4, -0.2) is 18.6 Å². The molecule has 0 saturated heterocycles. The molecule has 0 fully saturated rings. The van der Waals surface area contributed by atoms with Crippen molar-refractivity contribution in [3.8, 4) is 5.75 Å². The number of pyridine rings is 1. The Balaban J connectivity index is 2.37. The van der Waals surface area contributed by atoms with Crippen LogP contribution in [0.3, 0.4) is 0 Å². The third-order valence-corrected chi connectivity index (χ3v) is 3.15. The van der Waals surface area contributed by atoms with Crippen LogP contribution in [0.5, 0.6) is 5.75 Å². The second-order valence-electron chi connectivity index (χ2n) is 4.53. The zero-order chi connectivity index (χ0) is 13.0. The number of rotatable bonds is 5. The predicted molar refractivity (Wildman–Crippen MR) is 75.0 cm³/mol. The van der Waals surface area contributed by atoms with Crippen LogP contribution < -0.4 is 10.5 Å². The maximum atomic E-state index is 5.51. The summed E-state index contributed by atoms with van der Waals surface area (Å²) < 4.78 is 5.39. The molecule has 0 aliphatic carbocycles. The molecule has 1 aromatic heterocycles. The van der Waals surface area contributed by atoms with Crippen molar-refractivity contribution in [2.45, 2.75) is 26.2 Å². The molecule has 0 atom stereocenters. The van der Waals surface area contributed by atoms with Gasteiger partial charge in [-0.2, -0.15) is 0 Å². The summed E-state index contributed by atoms with van der Waals surface area (Å²) >= 11 is 0. The Morgan fingerprint density at radius 2 is 2.11 bits per heavy atom. The molecular weight excluding hydrogens is 224 g/mol. The monoisotopic (exact) mass is 244 g/mol. The molecule has 1 aromatic carbocycles. The van der Waals surface area contributed by atoms with Crippen molar-refractivity contribution >= 4 is 10.9 Å².